The quantitative estimate of drug-likeness (QED) is 0.887. The molecule has 0 aliphatic heterocycles. The highest BCUT2D eigenvalue weighted by Crippen LogP contribution is 2.16. The third-order valence-electron chi connectivity index (χ3n) is 2.71. The van der Waals surface area contributed by atoms with Gasteiger partial charge in [0, 0.05) is 11.4 Å². The molecule has 0 bridgehead atoms. The summed E-state index contributed by atoms with van der Waals surface area (Å²) in [6.07, 6.45) is 3.51. The van der Waals surface area contributed by atoms with Crippen molar-refractivity contribution >= 4 is 23.4 Å². The molecule has 1 atom stereocenters. The van der Waals surface area contributed by atoms with Gasteiger partial charge in [0.05, 0.1) is 6.04 Å². The number of hydrogen-bond acceptors (Lipinski definition) is 5. The standard InChI is InChI=1S/C13H16ClN3OS/c1-19-7-6-11(15)13-16-12(17-18-13)8-9-2-4-10(14)5-3-9/h2-5,11H,6-8,15H2,1H3. The molecule has 2 N–H and O–H groups in total. The van der Waals surface area contributed by atoms with Gasteiger partial charge in [-0.1, -0.05) is 28.9 Å². The first-order valence-electron chi connectivity index (χ1n) is 6.00. The number of benzene rings is 1. The van der Waals surface area contributed by atoms with Crippen molar-refractivity contribution < 1.29 is 4.52 Å². The molecule has 19 heavy (non-hydrogen) atoms. The molecule has 0 radical (unpaired) electrons. The highest BCUT2D eigenvalue weighted by atomic mass is 35.5. The molecule has 1 heterocycles. The van der Waals surface area contributed by atoms with Gasteiger partial charge in [0.2, 0.25) is 5.89 Å². The first-order chi connectivity index (χ1) is 9.19. The van der Waals surface area contributed by atoms with Crippen LogP contribution in [0.5, 0.6) is 0 Å². The Morgan fingerprint density at radius 2 is 2.11 bits per heavy atom. The first kappa shape index (κ1) is 14.4. The van der Waals surface area contributed by atoms with Gasteiger partial charge in [-0.3, -0.25) is 0 Å². The molecule has 0 fully saturated rings. The third-order valence-corrected chi connectivity index (χ3v) is 3.61. The van der Waals surface area contributed by atoms with Gasteiger partial charge in [-0.2, -0.15) is 16.7 Å². The SMILES string of the molecule is CSCCC(N)c1nc(Cc2ccc(Cl)cc2)no1. The Balaban J connectivity index is 1.98. The van der Waals surface area contributed by atoms with E-state index in [2.05, 4.69) is 10.1 Å². The van der Waals surface area contributed by atoms with Crippen LogP contribution in [0.4, 0.5) is 0 Å². The third kappa shape index (κ3) is 4.23. The summed E-state index contributed by atoms with van der Waals surface area (Å²) >= 11 is 7.59. The van der Waals surface area contributed by atoms with Crippen LogP contribution in [0.2, 0.25) is 5.02 Å². The van der Waals surface area contributed by atoms with Gasteiger partial charge in [-0.05, 0) is 36.1 Å². The molecule has 1 aromatic carbocycles. The highest BCUT2D eigenvalue weighted by Gasteiger charge is 2.14. The lowest BCUT2D eigenvalue weighted by Crippen LogP contribution is -2.11. The minimum atomic E-state index is -0.182. The summed E-state index contributed by atoms with van der Waals surface area (Å²) in [5.41, 5.74) is 7.07. The molecule has 0 saturated carbocycles. The van der Waals surface area contributed by atoms with E-state index in [1.165, 1.54) is 0 Å². The fraction of sp³-hybridized carbons (Fsp3) is 0.385. The van der Waals surface area contributed by atoms with Crippen molar-refractivity contribution in [2.24, 2.45) is 5.73 Å². The largest absolute Gasteiger partial charge is 0.338 e. The zero-order valence-electron chi connectivity index (χ0n) is 10.7. The maximum atomic E-state index is 5.98. The van der Waals surface area contributed by atoms with Gasteiger partial charge in [0.25, 0.3) is 0 Å². The van der Waals surface area contributed by atoms with Crippen LogP contribution in [-0.2, 0) is 6.42 Å². The number of thioether (sulfide) groups is 1. The van der Waals surface area contributed by atoms with E-state index in [0.717, 1.165) is 22.8 Å². The smallest absolute Gasteiger partial charge is 0.243 e. The molecule has 6 heteroatoms. The van der Waals surface area contributed by atoms with Crippen LogP contribution in [0.3, 0.4) is 0 Å². The van der Waals surface area contributed by atoms with Gasteiger partial charge in [0.1, 0.15) is 0 Å². The van der Waals surface area contributed by atoms with Crippen molar-refractivity contribution in [3.8, 4) is 0 Å². The predicted octanol–water partition coefficient (Wildman–Crippen LogP) is 3.07. The predicted molar refractivity (Wildman–Crippen MR) is 78.5 cm³/mol. The maximum absolute atomic E-state index is 5.98. The Labute approximate surface area is 121 Å². The second-order valence-electron chi connectivity index (χ2n) is 4.24. The molecular formula is C13H16ClN3OS. The second kappa shape index (κ2) is 6.93. The van der Waals surface area contributed by atoms with Crippen molar-refractivity contribution in [3.63, 3.8) is 0 Å². The minimum absolute atomic E-state index is 0.182. The van der Waals surface area contributed by atoms with Crippen LogP contribution in [0.25, 0.3) is 0 Å². The zero-order valence-corrected chi connectivity index (χ0v) is 12.2. The van der Waals surface area contributed by atoms with Gasteiger partial charge in [0.15, 0.2) is 5.82 Å². The van der Waals surface area contributed by atoms with E-state index in [9.17, 15) is 0 Å². The molecule has 2 aromatic rings. The molecule has 0 amide bonds. The van der Waals surface area contributed by atoms with E-state index >= 15 is 0 Å². The van der Waals surface area contributed by atoms with Crippen molar-refractivity contribution in [1.82, 2.24) is 10.1 Å². The van der Waals surface area contributed by atoms with Gasteiger partial charge in [-0.15, -0.1) is 0 Å². The summed E-state index contributed by atoms with van der Waals surface area (Å²) in [4.78, 5) is 4.34. The highest BCUT2D eigenvalue weighted by molar-refractivity contribution is 7.98. The van der Waals surface area contributed by atoms with Crippen molar-refractivity contribution in [2.45, 2.75) is 18.9 Å². The molecule has 2 rings (SSSR count). The molecule has 1 unspecified atom stereocenters. The van der Waals surface area contributed by atoms with Crippen molar-refractivity contribution in [1.29, 1.82) is 0 Å². The van der Waals surface area contributed by atoms with E-state index in [1.54, 1.807) is 11.8 Å². The summed E-state index contributed by atoms with van der Waals surface area (Å²) < 4.78 is 5.20. The van der Waals surface area contributed by atoms with Gasteiger partial charge in [-0.25, -0.2) is 0 Å². The molecular weight excluding hydrogens is 282 g/mol. The lowest BCUT2D eigenvalue weighted by molar-refractivity contribution is 0.349. The minimum Gasteiger partial charge on any atom is -0.338 e. The molecule has 102 valence electrons. The lowest BCUT2D eigenvalue weighted by Gasteiger charge is -2.03. The fourth-order valence-electron chi connectivity index (χ4n) is 1.64. The number of hydrogen-bond donors (Lipinski definition) is 1. The summed E-state index contributed by atoms with van der Waals surface area (Å²) in [6.45, 7) is 0. The summed E-state index contributed by atoms with van der Waals surface area (Å²) in [6, 6.07) is 7.42. The zero-order chi connectivity index (χ0) is 13.7. The monoisotopic (exact) mass is 297 g/mol. The van der Waals surface area contributed by atoms with Crippen molar-refractivity contribution in [2.75, 3.05) is 12.0 Å². The average molecular weight is 298 g/mol. The summed E-state index contributed by atoms with van der Waals surface area (Å²) in [5.74, 6) is 2.14. The molecule has 0 saturated heterocycles. The Morgan fingerprint density at radius 3 is 2.79 bits per heavy atom. The Bertz CT molecular complexity index is 515. The number of halogens is 1. The van der Waals surface area contributed by atoms with Crippen molar-refractivity contribution in [3.05, 3.63) is 46.6 Å². The Hall–Kier alpha value is -1.04. The second-order valence-corrected chi connectivity index (χ2v) is 5.66. The maximum Gasteiger partial charge on any atom is 0.243 e. The van der Waals surface area contributed by atoms with Crippen LogP contribution < -0.4 is 5.73 Å². The van der Waals surface area contributed by atoms with Crippen LogP contribution in [-0.4, -0.2) is 22.1 Å². The van der Waals surface area contributed by atoms with E-state index in [-0.39, 0.29) is 6.04 Å². The molecule has 0 aliphatic rings. The Morgan fingerprint density at radius 1 is 1.37 bits per heavy atom. The van der Waals surface area contributed by atoms with E-state index in [1.807, 2.05) is 30.5 Å². The molecule has 0 spiro atoms. The number of aromatic nitrogens is 2. The van der Waals surface area contributed by atoms with E-state index < -0.39 is 0 Å². The summed E-state index contributed by atoms with van der Waals surface area (Å²) in [7, 11) is 0. The average Bonchev–Trinajstić information content (AvgIpc) is 2.87. The molecule has 1 aromatic heterocycles. The van der Waals surface area contributed by atoms with E-state index in [4.69, 9.17) is 21.9 Å². The van der Waals surface area contributed by atoms with Crippen LogP contribution in [0.1, 0.15) is 29.7 Å². The molecule has 0 aliphatic carbocycles. The lowest BCUT2D eigenvalue weighted by atomic mass is 10.1. The summed E-state index contributed by atoms with van der Waals surface area (Å²) in [5, 5.41) is 4.68. The number of rotatable bonds is 6. The van der Waals surface area contributed by atoms with E-state index in [0.29, 0.717) is 18.1 Å². The van der Waals surface area contributed by atoms with Crippen LogP contribution in [0.15, 0.2) is 28.8 Å². The van der Waals surface area contributed by atoms with Gasteiger partial charge >= 0.3 is 0 Å². The molecule has 4 nitrogen and oxygen atoms in total. The fourth-order valence-corrected chi connectivity index (χ4v) is 2.26. The Kier molecular flexibility index (Phi) is 5.24. The normalized spacial score (nSPS) is 12.6. The van der Waals surface area contributed by atoms with Crippen LogP contribution in [0, 0.1) is 0 Å². The first-order valence-corrected chi connectivity index (χ1v) is 7.77. The van der Waals surface area contributed by atoms with Gasteiger partial charge < -0.3 is 10.3 Å². The topological polar surface area (TPSA) is 64.9 Å². The van der Waals surface area contributed by atoms with Crippen LogP contribution >= 0.6 is 23.4 Å². The number of nitrogens with two attached hydrogens (primary N) is 1. The number of nitrogens with zero attached hydrogens (tertiary/aromatic N) is 2.